The Labute approximate surface area is 184 Å². The number of hydrogen-bond acceptors (Lipinski definition) is 5. The number of methoxy groups -OCH3 is 1. The zero-order chi connectivity index (χ0) is 22.3. The number of fused-ring (bicyclic) bond motifs is 2. The number of nitrogens with zero attached hydrogens (tertiary/aromatic N) is 3. The third-order valence-electron chi connectivity index (χ3n) is 6.13. The summed E-state index contributed by atoms with van der Waals surface area (Å²) in [4.78, 5) is 27.0. The van der Waals surface area contributed by atoms with Crippen molar-refractivity contribution < 1.29 is 23.5 Å². The number of piperidine rings is 1. The number of hydrogen-bond donors (Lipinski definition) is 1. The number of nitrogens with one attached hydrogen (secondary N) is 1. The number of amides is 2. The molecule has 2 amide bonds. The molecule has 2 aliphatic heterocycles. The highest BCUT2D eigenvalue weighted by Crippen LogP contribution is 2.45. The Hall–Kier alpha value is -2.65. The highest BCUT2D eigenvalue weighted by molar-refractivity contribution is 6.31. The molecule has 1 aromatic carbocycles. The Morgan fingerprint density at radius 2 is 2.19 bits per heavy atom. The highest BCUT2D eigenvalue weighted by Gasteiger charge is 2.48. The van der Waals surface area contributed by atoms with Gasteiger partial charge in [-0.25, -0.2) is 9.18 Å². The van der Waals surface area contributed by atoms with Gasteiger partial charge in [-0.05, 0) is 38.8 Å². The Morgan fingerprint density at radius 3 is 2.94 bits per heavy atom. The van der Waals surface area contributed by atoms with E-state index >= 15 is 4.39 Å². The van der Waals surface area contributed by atoms with E-state index in [0.717, 1.165) is 0 Å². The predicted octanol–water partition coefficient (Wildman–Crippen LogP) is 3.97. The van der Waals surface area contributed by atoms with Crippen molar-refractivity contribution in [2.45, 2.75) is 44.4 Å². The average Bonchev–Trinajstić information content (AvgIpc) is 3.24. The first kappa shape index (κ1) is 21.6. The zero-order valence-corrected chi connectivity index (χ0v) is 18.3. The van der Waals surface area contributed by atoms with Crippen molar-refractivity contribution in [1.82, 2.24) is 14.7 Å². The second kappa shape index (κ2) is 8.12. The summed E-state index contributed by atoms with van der Waals surface area (Å²) in [7, 11) is 1.62. The molecular formula is C21H24ClFN4O4. The van der Waals surface area contributed by atoms with Crippen LogP contribution in [0.2, 0.25) is 5.02 Å². The third-order valence-corrected chi connectivity index (χ3v) is 6.43. The minimum absolute atomic E-state index is 0.0265. The van der Waals surface area contributed by atoms with Gasteiger partial charge in [0.25, 0.3) is 5.91 Å². The van der Waals surface area contributed by atoms with Crippen molar-refractivity contribution in [3.63, 3.8) is 0 Å². The van der Waals surface area contributed by atoms with Crippen molar-refractivity contribution in [2.24, 2.45) is 0 Å². The van der Waals surface area contributed by atoms with Crippen LogP contribution in [-0.4, -0.2) is 53.0 Å². The SMILES string of the molecule is CO[C@H](C)[C@H](C)n1cc(C(=O)N2CCC[C@@]3(C2)OC(=O)Nc2ccc(Cl)c(F)c23)cn1. The molecule has 0 aliphatic carbocycles. The van der Waals surface area contributed by atoms with Crippen LogP contribution in [0, 0.1) is 5.82 Å². The van der Waals surface area contributed by atoms with E-state index in [0.29, 0.717) is 30.6 Å². The van der Waals surface area contributed by atoms with Gasteiger partial charge < -0.3 is 14.4 Å². The molecule has 8 nitrogen and oxygen atoms in total. The lowest BCUT2D eigenvalue weighted by Gasteiger charge is -2.45. The topological polar surface area (TPSA) is 85.7 Å². The van der Waals surface area contributed by atoms with Crippen LogP contribution in [0.4, 0.5) is 14.9 Å². The summed E-state index contributed by atoms with van der Waals surface area (Å²) < 4.78 is 27.6. The Bertz CT molecular complexity index is 1030. The van der Waals surface area contributed by atoms with Crippen molar-refractivity contribution >= 4 is 29.3 Å². The average molecular weight is 451 g/mol. The highest BCUT2D eigenvalue weighted by atomic mass is 35.5. The smallest absolute Gasteiger partial charge is 0.412 e. The largest absolute Gasteiger partial charge is 0.436 e. The lowest BCUT2D eigenvalue weighted by atomic mass is 9.83. The van der Waals surface area contributed by atoms with Crippen molar-refractivity contribution in [1.29, 1.82) is 0 Å². The summed E-state index contributed by atoms with van der Waals surface area (Å²) >= 11 is 6.00. The van der Waals surface area contributed by atoms with Gasteiger partial charge in [0.1, 0.15) is 0 Å². The van der Waals surface area contributed by atoms with Crippen LogP contribution < -0.4 is 5.32 Å². The van der Waals surface area contributed by atoms with Gasteiger partial charge in [-0.2, -0.15) is 5.10 Å². The summed E-state index contributed by atoms with van der Waals surface area (Å²) in [6.07, 6.45) is 3.33. The van der Waals surface area contributed by atoms with Gasteiger partial charge in [-0.15, -0.1) is 0 Å². The summed E-state index contributed by atoms with van der Waals surface area (Å²) in [6, 6.07) is 2.87. The standard InChI is InChI=1S/C21H24ClFN4O4/c1-12(13(2)30-3)27-10-14(9-24-27)19(28)26-8-4-7-21(11-26)17-16(25-20(29)31-21)6-5-15(22)18(17)23/h5-6,9-10,12-13H,4,7-8,11H2,1-3H3,(H,25,29)/t12-,13+,21-/m0/s1. The van der Waals surface area contributed by atoms with Crippen LogP contribution >= 0.6 is 11.6 Å². The Balaban J connectivity index is 1.63. The van der Waals surface area contributed by atoms with Gasteiger partial charge in [0.15, 0.2) is 11.4 Å². The van der Waals surface area contributed by atoms with E-state index in [2.05, 4.69) is 10.4 Å². The second-order valence-electron chi connectivity index (χ2n) is 8.01. The molecule has 1 saturated heterocycles. The van der Waals surface area contributed by atoms with Crippen LogP contribution in [0.15, 0.2) is 24.5 Å². The van der Waals surface area contributed by atoms with E-state index in [1.165, 1.54) is 12.3 Å². The summed E-state index contributed by atoms with van der Waals surface area (Å²) in [5, 5.41) is 6.75. The molecule has 1 N–H and O–H groups in total. The first-order valence-electron chi connectivity index (χ1n) is 10.1. The number of rotatable bonds is 4. The molecule has 4 rings (SSSR count). The number of aromatic nitrogens is 2. The molecule has 0 bridgehead atoms. The minimum atomic E-state index is -1.30. The molecule has 1 spiro atoms. The van der Waals surface area contributed by atoms with Crippen molar-refractivity contribution in [2.75, 3.05) is 25.5 Å². The quantitative estimate of drug-likeness (QED) is 0.761. The van der Waals surface area contributed by atoms with Gasteiger partial charge in [0, 0.05) is 19.9 Å². The third kappa shape index (κ3) is 3.76. The van der Waals surface area contributed by atoms with Gasteiger partial charge in [-0.3, -0.25) is 14.8 Å². The molecule has 3 atom stereocenters. The minimum Gasteiger partial charge on any atom is -0.436 e. The molecular weight excluding hydrogens is 427 g/mol. The van der Waals surface area contributed by atoms with Crippen LogP contribution in [0.3, 0.4) is 0 Å². The van der Waals surface area contributed by atoms with Crippen LogP contribution in [0.1, 0.15) is 48.7 Å². The Kier molecular flexibility index (Phi) is 5.65. The summed E-state index contributed by atoms with van der Waals surface area (Å²) in [5.74, 6) is -0.912. The molecule has 10 heteroatoms. The molecule has 2 aromatic rings. The number of carbonyl (C=O) groups is 2. The Morgan fingerprint density at radius 1 is 1.42 bits per heavy atom. The molecule has 1 fully saturated rings. The zero-order valence-electron chi connectivity index (χ0n) is 17.5. The van der Waals surface area contributed by atoms with E-state index in [-0.39, 0.29) is 35.2 Å². The van der Waals surface area contributed by atoms with Crippen LogP contribution in [0.25, 0.3) is 0 Å². The fourth-order valence-electron chi connectivity index (χ4n) is 4.21. The maximum Gasteiger partial charge on any atom is 0.412 e. The van der Waals surface area contributed by atoms with E-state index in [1.807, 2.05) is 13.8 Å². The molecule has 3 heterocycles. The van der Waals surface area contributed by atoms with Crippen molar-refractivity contribution in [3.8, 4) is 0 Å². The maximum absolute atomic E-state index is 15.0. The number of carbonyl (C=O) groups excluding carboxylic acids is 2. The van der Waals surface area contributed by atoms with Crippen LogP contribution in [-0.2, 0) is 15.1 Å². The summed E-state index contributed by atoms with van der Waals surface area (Å²) in [6.45, 7) is 4.35. The first-order chi connectivity index (χ1) is 14.8. The van der Waals surface area contributed by atoms with E-state index in [4.69, 9.17) is 21.1 Å². The monoisotopic (exact) mass is 450 g/mol. The molecule has 1 aromatic heterocycles. The molecule has 0 unspecified atom stereocenters. The lowest BCUT2D eigenvalue weighted by molar-refractivity contribution is -0.0418. The van der Waals surface area contributed by atoms with Crippen LogP contribution in [0.5, 0.6) is 0 Å². The number of likely N-dealkylation sites (tertiary alicyclic amines) is 1. The van der Waals surface area contributed by atoms with Gasteiger partial charge in [0.2, 0.25) is 0 Å². The van der Waals surface area contributed by atoms with E-state index < -0.39 is 17.5 Å². The van der Waals surface area contributed by atoms with E-state index in [1.54, 1.807) is 29.0 Å². The van der Waals surface area contributed by atoms with Gasteiger partial charge >= 0.3 is 6.09 Å². The van der Waals surface area contributed by atoms with Crippen molar-refractivity contribution in [3.05, 3.63) is 46.5 Å². The fraction of sp³-hybridized carbons (Fsp3) is 0.476. The number of ether oxygens (including phenoxy) is 2. The number of halogens is 2. The normalized spacial score (nSPS) is 22.5. The lowest BCUT2D eigenvalue weighted by Crippen LogP contribution is -2.53. The van der Waals surface area contributed by atoms with Gasteiger partial charge in [0.05, 0.1) is 46.7 Å². The second-order valence-corrected chi connectivity index (χ2v) is 8.42. The molecule has 31 heavy (non-hydrogen) atoms. The molecule has 0 saturated carbocycles. The molecule has 166 valence electrons. The fourth-order valence-corrected chi connectivity index (χ4v) is 4.37. The molecule has 2 aliphatic rings. The van der Waals surface area contributed by atoms with E-state index in [9.17, 15) is 9.59 Å². The number of benzene rings is 1. The molecule has 0 radical (unpaired) electrons. The first-order valence-corrected chi connectivity index (χ1v) is 10.5. The number of anilines is 1. The summed E-state index contributed by atoms with van der Waals surface area (Å²) in [5.41, 5.74) is -0.411. The predicted molar refractivity (Wildman–Crippen MR) is 112 cm³/mol. The van der Waals surface area contributed by atoms with Gasteiger partial charge in [-0.1, -0.05) is 11.6 Å². The maximum atomic E-state index is 15.0.